The van der Waals surface area contributed by atoms with Crippen molar-refractivity contribution < 1.29 is 9.18 Å². The van der Waals surface area contributed by atoms with E-state index in [4.69, 9.17) is 0 Å². The molecule has 0 aliphatic rings. The molecule has 1 aromatic carbocycles. The van der Waals surface area contributed by atoms with Crippen LogP contribution in [0.4, 0.5) is 10.2 Å². The summed E-state index contributed by atoms with van der Waals surface area (Å²) in [6, 6.07) is 8.26. The number of carbonyl (C=O) groups is 1. The number of hydrogen-bond donors (Lipinski definition) is 1. The lowest BCUT2D eigenvalue weighted by atomic mass is 10.2. The second-order valence-electron chi connectivity index (χ2n) is 6.32. The van der Waals surface area contributed by atoms with Crippen molar-refractivity contribution in [2.45, 2.75) is 27.7 Å². The van der Waals surface area contributed by atoms with Crippen molar-refractivity contribution in [1.29, 1.82) is 5.26 Å². The summed E-state index contributed by atoms with van der Waals surface area (Å²) >= 11 is 1.55. The van der Waals surface area contributed by atoms with Gasteiger partial charge in [0.25, 0.3) is 0 Å². The fourth-order valence-corrected chi connectivity index (χ4v) is 3.40. The Hall–Kier alpha value is -2.26. The lowest BCUT2D eigenvalue weighted by molar-refractivity contribution is -0.113. The minimum atomic E-state index is -0.369. The minimum Gasteiger partial charge on any atom is -0.310 e. The zero-order chi connectivity index (χ0) is 18.6. The first-order chi connectivity index (χ1) is 11.8. The zero-order valence-electron chi connectivity index (χ0n) is 14.9. The minimum absolute atomic E-state index is 0.169. The Bertz CT molecular complexity index is 821. The SMILES string of the molecule is Cc1c(C#N)c(NC(=O)CSCC(C)C)n(-c2cccc(F)c2)c1C. The summed E-state index contributed by atoms with van der Waals surface area (Å²) in [6.45, 7) is 7.87. The lowest BCUT2D eigenvalue weighted by Crippen LogP contribution is -2.18. The molecule has 0 bridgehead atoms. The highest BCUT2D eigenvalue weighted by Gasteiger charge is 2.20. The van der Waals surface area contributed by atoms with Crippen LogP contribution in [0.1, 0.15) is 30.7 Å². The lowest BCUT2D eigenvalue weighted by Gasteiger charge is -2.13. The maximum absolute atomic E-state index is 13.6. The predicted octanol–water partition coefficient (Wildman–Crippen LogP) is 4.43. The van der Waals surface area contributed by atoms with E-state index in [2.05, 4.69) is 25.2 Å². The summed E-state index contributed by atoms with van der Waals surface area (Å²) in [6.07, 6.45) is 0. The molecule has 1 aromatic heterocycles. The number of amides is 1. The first-order valence-corrected chi connectivity index (χ1v) is 9.26. The standard InChI is InChI=1S/C19H22FN3OS/c1-12(2)10-25-11-18(24)22-19-17(9-21)13(3)14(4)23(19)16-7-5-6-15(20)8-16/h5-8,12H,10-11H2,1-4H3,(H,22,24). The molecule has 0 saturated carbocycles. The third kappa shape index (κ3) is 4.43. The summed E-state index contributed by atoms with van der Waals surface area (Å²) in [4.78, 5) is 12.3. The Balaban J connectivity index is 2.38. The van der Waals surface area contributed by atoms with Gasteiger partial charge in [-0.25, -0.2) is 4.39 Å². The van der Waals surface area contributed by atoms with Gasteiger partial charge in [-0.2, -0.15) is 17.0 Å². The highest BCUT2D eigenvalue weighted by molar-refractivity contribution is 7.99. The molecule has 0 aliphatic carbocycles. The molecule has 0 unspecified atom stereocenters. The number of thioether (sulfide) groups is 1. The number of hydrogen-bond acceptors (Lipinski definition) is 3. The van der Waals surface area contributed by atoms with Crippen LogP contribution < -0.4 is 5.32 Å². The van der Waals surface area contributed by atoms with Crippen molar-refractivity contribution in [3.05, 3.63) is 46.9 Å². The van der Waals surface area contributed by atoms with Crippen molar-refractivity contribution in [2.24, 2.45) is 5.92 Å². The van der Waals surface area contributed by atoms with Gasteiger partial charge in [-0.1, -0.05) is 19.9 Å². The molecular weight excluding hydrogens is 337 g/mol. The number of carbonyl (C=O) groups excluding carboxylic acids is 1. The fourth-order valence-electron chi connectivity index (χ4n) is 2.55. The van der Waals surface area contributed by atoms with Crippen molar-refractivity contribution in [3.63, 3.8) is 0 Å². The van der Waals surface area contributed by atoms with Gasteiger partial charge in [-0.3, -0.25) is 9.36 Å². The van der Waals surface area contributed by atoms with E-state index < -0.39 is 0 Å². The van der Waals surface area contributed by atoms with E-state index in [0.717, 1.165) is 17.0 Å². The topological polar surface area (TPSA) is 57.8 Å². The van der Waals surface area contributed by atoms with E-state index in [-0.39, 0.29) is 11.7 Å². The first kappa shape index (κ1) is 19.1. The van der Waals surface area contributed by atoms with Gasteiger partial charge in [0.15, 0.2) is 0 Å². The van der Waals surface area contributed by atoms with E-state index in [1.54, 1.807) is 28.5 Å². The molecule has 6 heteroatoms. The molecule has 0 saturated heterocycles. The molecule has 1 amide bonds. The molecule has 1 heterocycles. The van der Waals surface area contributed by atoms with Gasteiger partial charge in [-0.15, -0.1) is 0 Å². The van der Waals surface area contributed by atoms with E-state index in [1.807, 2.05) is 13.8 Å². The number of nitrogens with zero attached hydrogens (tertiary/aromatic N) is 2. The van der Waals surface area contributed by atoms with Crippen LogP contribution in [0.25, 0.3) is 5.69 Å². The van der Waals surface area contributed by atoms with Crippen LogP contribution in [-0.4, -0.2) is 22.0 Å². The molecular formula is C19H22FN3OS. The van der Waals surface area contributed by atoms with Crippen LogP contribution >= 0.6 is 11.8 Å². The summed E-state index contributed by atoms with van der Waals surface area (Å²) < 4.78 is 15.4. The number of benzene rings is 1. The molecule has 0 aliphatic heterocycles. The molecule has 0 atom stereocenters. The van der Waals surface area contributed by atoms with Gasteiger partial charge in [0, 0.05) is 5.69 Å². The smallest absolute Gasteiger partial charge is 0.235 e. The van der Waals surface area contributed by atoms with E-state index in [0.29, 0.717) is 28.7 Å². The Morgan fingerprint density at radius 2 is 2.12 bits per heavy atom. The van der Waals surface area contributed by atoms with Crippen LogP contribution in [0.15, 0.2) is 24.3 Å². The van der Waals surface area contributed by atoms with Crippen LogP contribution in [0, 0.1) is 36.9 Å². The number of nitriles is 1. The van der Waals surface area contributed by atoms with Crippen LogP contribution in [0.2, 0.25) is 0 Å². The van der Waals surface area contributed by atoms with Crippen molar-refractivity contribution in [1.82, 2.24) is 4.57 Å². The second-order valence-corrected chi connectivity index (χ2v) is 7.35. The first-order valence-electron chi connectivity index (χ1n) is 8.10. The van der Waals surface area contributed by atoms with Gasteiger partial charge in [0.2, 0.25) is 5.91 Å². The van der Waals surface area contributed by atoms with Gasteiger partial charge >= 0.3 is 0 Å². The number of rotatable bonds is 6. The third-order valence-corrected chi connectivity index (χ3v) is 5.20. The summed E-state index contributed by atoms with van der Waals surface area (Å²) in [7, 11) is 0. The Morgan fingerprint density at radius 1 is 1.40 bits per heavy atom. The van der Waals surface area contributed by atoms with Crippen molar-refractivity contribution in [3.8, 4) is 11.8 Å². The van der Waals surface area contributed by atoms with E-state index >= 15 is 0 Å². The molecule has 1 N–H and O–H groups in total. The maximum Gasteiger partial charge on any atom is 0.235 e. The number of halogens is 1. The van der Waals surface area contributed by atoms with E-state index in [9.17, 15) is 14.4 Å². The molecule has 2 rings (SSSR count). The van der Waals surface area contributed by atoms with E-state index in [1.165, 1.54) is 12.1 Å². The Labute approximate surface area is 152 Å². The van der Waals surface area contributed by atoms with Crippen LogP contribution in [0.3, 0.4) is 0 Å². The quantitative estimate of drug-likeness (QED) is 0.830. The monoisotopic (exact) mass is 359 g/mol. The van der Waals surface area contributed by atoms with Gasteiger partial charge in [-0.05, 0) is 49.3 Å². The average molecular weight is 359 g/mol. The number of aromatic nitrogens is 1. The Kier molecular flexibility index (Phi) is 6.27. The molecule has 0 radical (unpaired) electrons. The third-order valence-electron chi connectivity index (χ3n) is 3.83. The summed E-state index contributed by atoms with van der Waals surface area (Å²) in [5.74, 6) is 1.58. The van der Waals surface area contributed by atoms with Crippen molar-refractivity contribution >= 4 is 23.5 Å². The highest BCUT2D eigenvalue weighted by Crippen LogP contribution is 2.30. The van der Waals surface area contributed by atoms with Crippen LogP contribution in [-0.2, 0) is 4.79 Å². The molecule has 25 heavy (non-hydrogen) atoms. The molecule has 132 valence electrons. The van der Waals surface area contributed by atoms with Gasteiger partial charge in [0.05, 0.1) is 17.0 Å². The predicted molar refractivity (Wildman–Crippen MR) is 101 cm³/mol. The second kappa shape index (κ2) is 8.21. The van der Waals surface area contributed by atoms with Gasteiger partial charge < -0.3 is 5.32 Å². The molecule has 0 fully saturated rings. The molecule has 0 spiro atoms. The number of anilines is 1. The van der Waals surface area contributed by atoms with Crippen molar-refractivity contribution in [2.75, 3.05) is 16.8 Å². The summed E-state index contributed by atoms with van der Waals surface area (Å²) in [5, 5.41) is 12.3. The summed E-state index contributed by atoms with van der Waals surface area (Å²) in [5.41, 5.74) is 2.56. The normalized spacial score (nSPS) is 10.8. The molecule has 4 nitrogen and oxygen atoms in total. The largest absolute Gasteiger partial charge is 0.310 e. The highest BCUT2D eigenvalue weighted by atomic mass is 32.2. The molecule has 2 aromatic rings. The van der Waals surface area contributed by atoms with Gasteiger partial charge in [0.1, 0.15) is 17.7 Å². The zero-order valence-corrected chi connectivity index (χ0v) is 15.7. The maximum atomic E-state index is 13.6. The average Bonchev–Trinajstić information content (AvgIpc) is 2.77. The van der Waals surface area contributed by atoms with Crippen LogP contribution in [0.5, 0.6) is 0 Å². The number of nitrogens with one attached hydrogen (secondary N) is 1. The fraction of sp³-hybridized carbons (Fsp3) is 0.368. The Morgan fingerprint density at radius 3 is 2.72 bits per heavy atom.